The molecule has 1 aliphatic heterocycles. The van der Waals surface area contributed by atoms with Gasteiger partial charge >= 0.3 is 18.1 Å². The van der Waals surface area contributed by atoms with E-state index in [4.69, 9.17) is 9.47 Å². The molecule has 220 valence electrons. The molecule has 0 saturated carbocycles. The van der Waals surface area contributed by atoms with Gasteiger partial charge in [-0.1, -0.05) is 43.7 Å². The number of esters is 1. The van der Waals surface area contributed by atoms with Crippen molar-refractivity contribution in [3.63, 3.8) is 0 Å². The number of morpholine rings is 1. The van der Waals surface area contributed by atoms with Gasteiger partial charge in [0.1, 0.15) is 6.04 Å². The molecule has 0 radical (unpaired) electrons. The molecule has 1 aliphatic rings. The van der Waals surface area contributed by atoms with Crippen molar-refractivity contribution in [1.29, 1.82) is 0 Å². The zero-order valence-electron chi connectivity index (χ0n) is 22.6. The number of aliphatic carboxylic acids is 1. The molecule has 0 aromatic heterocycles. The highest BCUT2D eigenvalue weighted by atomic mass is 32.2. The lowest BCUT2D eigenvalue weighted by molar-refractivity contribution is -0.209. The van der Waals surface area contributed by atoms with E-state index in [2.05, 4.69) is 0 Å². The average molecular weight is 587 g/mol. The number of alkyl halides is 3. The van der Waals surface area contributed by atoms with E-state index in [0.29, 0.717) is 5.69 Å². The van der Waals surface area contributed by atoms with Gasteiger partial charge in [0.25, 0.3) is 10.0 Å². The standard InChI is InChI=1S/C27H33F3N2O7S/c1-17(2)16-32(22-10-5-18(3)15-19(22)4)40(36,37)21-8-6-20(7-9-21)24(39-26(35)27(28,29)30)23(25(33)34)31-11-13-38-14-12-31/h5-10,15,17,23-24H,11-14,16H2,1-4H3,(H,33,34). The Labute approximate surface area is 231 Å². The molecule has 2 unspecified atom stereocenters. The highest BCUT2D eigenvalue weighted by Crippen LogP contribution is 2.33. The van der Waals surface area contributed by atoms with Crippen molar-refractivity contribution in [3.8, 4) is 0 Å². The summed E-state index contributed by atoms with van der Waals surface area (Å²) >= 11 is 0. The second kappa shape index (κ2) is 12.6. The summed E-state index contributed by atoms with van der Waals surface area (Å²) in [5.74, 6) is -4.09. The minimum Gasteiger partial charge on any atom is -0.480 e. The van der Waals surface area contributed by atoms with Gasteiger partial charge in [-0.15, -0.1) is 0 Å². The molecule has 2 aromatic rings. The molecule has 40 heavy (non-hydrogen) atoms. The second-order valence-corrected chi connectivity index (χ2v) is 11.9. The molecule has 3 rings (SSSR count). The van der Waals surface area contributed by atoms with Crippen LogP contribution in [0.5, 0.6) is 0 Å². The quantitative estimate of drug-likeness (QED) is 0.415. The minimum absolute atomic E-state index is 0.0363. The summed E-state index contributed by atoms with van der Waals surface area (Å²) in [5.41, 5.74) is 2.09. The summed E-state index contributed by atoms with van der Waals surface area (Å²) in [6, 6.07) is 8.41. The highest BCUT2D eigenvalue weighted by molar-refractivity contribution is 7.92. The maximum Gasteiger partial charge on any atom is 0.490 e. The third kappa shape index (κ3) is 7.32. The van der Waals surface area contributed by atoms with Crippen molar-refractivity contribution in [2.75, 3.05) is 37.2 Å². The van der Waals surface area contributed by atoms with Crippen LogP contribution in [0, 0.1) is 19.8 Å². The summed E-state index contributed by atoms with van der Waals surface area (Å²) in [6.45, 7) is 8.05. The fraction of sp³-hybridized carbons (Fsp3) is 0.481. The van der Waals surface area contributed by atoms with Crippen LogP contribution in [0.3, 0.4) is 0 Å². The zero-order valence-corrected chi connectivity index (χ0v) is 23.5. The van der Waals surface area contributed by atoms with Gasteiger partial charge in [0, 0.05) is 19.6 Å². The van der Waals surface area contributed by atoms with Crippen LogP contribution in [0.1, 0.15) is 36.6 Å². The number of ether oxygens (including phenoxy) is 2. The number of aryl methyl sites for hydroxylation is 2. The Morgan fingerprint density at radius 3 is 2.17 bits per heavy atom. The van der Waals surface area contributed by atoms with Crippen molar-refractivity contribution >= 4 is 27.6 Å². The fourth-order valence-corrected chi connectivity index (χ4v) is 6.22. The molecule has 0 spiro atoms. The number of rotatable bonds is 10. The number of carboxylic acid groups (broad SMARTS) is 1. The van der Waals surface area contributed by atoms with E-state index in [1.807, 2.05) is 26.8 Å². The maximum atomic E-state index is 13.8. The van der Waals surface area contributed by atoms with Crippen molar-refractivity contribution in [1.82, 2.24) is 4.90 Å². The normalized spacial score (nSPS) is 16.4. The molecule has 9 nitrogen and oxygen atoms in total. The number of carbonyl (C=O) groups excluding carboxylic acids is 1. The van der Waals surface area contributed by atoms with Crippen molar-refractivity contribution in [2.24, 2.45) is 5.92 Å². The summed E-state index contributed by atoms with van der Waals surface area (Å²) in [6.07, 6.45) is -7.23. The van der Waals surface area contributed by atoms with Crippen LogP contribution in [0.2, 0.25) is 0 Å². The van der Waals surface area contributed by atoms with Gasteiger partial charge in [-0.2, -0.15) is 13.2 Å². The first-order valence-electron chi connectivity index (χ1n) is 12.6. The predicted molar refractivity (Wildman–Crippen MR) is 140 cm³/mol. The van der Waals surface area contributed by atoms with E-state index < -0.39 is 40.3 Å². The van der Waals surface area contributed by atoms with Crippen LogP contribution in [-0.4, -0.2) is 75.4 Å². The van der Waals surface area contributed by atoms with Crippen LogP contribution in [0.15, 0.2) is 47.4 Å². The number of anilines is 1. The van der Waals surface area contributed by atoms with Gasteiger partial charge in [0.05, 0.1) is 23.8 Å². The fourth-order valence-electron chi connectivity index (χ4n) is 4.53. The Balaban J connectivity index is 2.04. The summed E-state index contributed by atoms with van der Waals surface area (Å²) < 4.78 is 78.1. The third-order valence-electron chi connectivity index (χ3n) is 6.39. The lowest BCUT2D eigenvalue weighted by atomic mass is 10.00. The number of sulfonamides is 1. The predicted octanol–water partition coefficient (Wildman–Crippen LogP) is 4.09. The monoisotopic (exact) mass is 586 g/mol. The number of hydrogen-bond donors (Lipinski definition) is 1. The average Bonchev–Trinajstić information content (AvgIpc) is 2.87. The Morgan fingerprint density at radius 1 is 1.07 bits per heavy atom. The molecule has 1 heterocycles. The Morgan fingerprint density at radius 2 is 1.68 bits per heavy atom. The van der Waals surface area contributed by atoms with E-state index in [0.717, 1.165) is 11.1 Å². The molecule has 2 atom stereocenters. The van der Waals surface area contributed by atoms with Crippen LogP contribution >= 0.6 is 0 Å². The van der Waals surface area contributed by atoms with Crippen molar-refractivity contribution in [2.45, 2.75) is 50.9 Å². The van der Waals surface area contributed by atoms with Crippen LogP contribution in [0.4, 0.5) is 18.9 Å². The third-order valence-corrected chi connectivity index (χ3v) is 8.19. The molecule has 1 fully saturated rings. The maximum absolute atomic E-state index is 13.8. The summed E-state index contributed by atoms with van der Waals surface area (Å²) in [5, 5.41) is 9.93. The van der Waals surface area contributed by atoms with Crippen LogP contribution < -0.4 is 4.31 Å². The molecule has 0 amide bonds. The zero-order chi connectivity index (χ0) is 29.8. The molecule has 1 saturated heterocycles. The van der Waals surface area contributed by atoms with Gasteiger partial charge in [-0.05, 0) is 49.1 Å². The first kappa shape index (κ1) is 31.4. The second-order valence-electron chi connectivity index (χ2n) is 10.0. The van der Waals surface area contributed by atoms with Gasteiger partial charge in [0.15, 0.2) is 6.10 Å². The van der Waals surface area contributed by atoms with E-state index in [-0.39, 0.29) is 49.2 Å². The summed E-state index contributed by atoms with van der Waals surface area (Å²) in [4.78, 5) is 25.2. The van der Waals surface area contributed by atoms with E-state index in [1.165, 1.54) is 33.5 Å². The molecule has 1 N–H and O–H groups in total. The Hall–Kier alpha value is -3.16. The van der Waals surface area contributed by atoms with E-state index in [1.54, 1.807) is 19.1 Å². The van der Waals surface area contributed by atoms with Crippen LogP contribution in [0.25, 0.3) is 0 Å². The molecule has 0 bridgehead atoms. The molecule has 13 heteroatoms. The number of benzene rings is 2. The molecule has 0 aliphatic carbocycles. The van der Waals surface area contributed by atoms with Crippen molar-refractivity contribution in [3.05, 3.63) is 59.2 Å². The smallest absolute Gasteiger partial charge is 0.480 e. The Bertz CT molecular complexity index is 1310. The van der Waals surface area contributed by atoms with E-state index in [9.17, 15) is 36.3 Å². The van der Waals surface area contributed by atoms with Crippen molar-refractivity contribution < 1.29 is 45.8 Å². The number of carboxylic acids is 1. The first-order valence-corrected chi connectivity index (χ1v) is 14.1. The highest BCUT2D eigenvalue weighted by Gasteiger charge is 2.46. The first-order chi connectivity index (χ1) is 18.6. The number of carbonyl (C=O) groups is 2. The van der Waals surface area contributed by atoms with E-state index >= 15 is 0 Å². The number of nitrogens with zero attached hydrogens (tertiary/aromatic N) is 2. The molecule has 2 aromatic carbocycles. The molecular formula is C27H33F3N2O7S. The summed E-state index contributed by atoms with van der Waals surface area (Å²) in [7, 11) is -4.13. The largest absolute Gasteiger partial charge is 0.490 e. The van der Waals surface area contributed by atoms with Gasteiger partial charge in [-0.25, -0.2) is 13.2 Å². The lowest BCUT2D eigenvalue weighted by Gasteiger charge is -2.36. The van der Waals surface area contributed by atoms with Gasteiger partial charge in [0.2, 0.25) is 0 Å². The Kier molecular flexibility index (Phi) is 9.85. The minimum atomic E-state index is -5.36. The SMILES string of the molecule is Cc1ccc(N(CC(C)C)S(=O)(=O)c2ccc(C(OC(=O)C(F)(F)F)C(C(=O)O)N3CCOCC3)cc2)c(C)c1. The molecular weight excluding hydrogens is 553 g/mol. The van der Waals surface area contributed by atoms with Crippen LogP contribution in [-0.2, 0) is 29.1 Å². The van der Waals surface area contributed by atoms with Gasteiger partial charge in [-0.3, -0.25) is 14.0 Å². The topological polar surface area (TPSA) is 113 Å². The number of hydrogen-bond acceptors (Lipinski definition) is 7. The number of halogens is 3. The lowest BCUT2D eigenvalue weighted by Crippen LogP contribution is -2.51. The van der Waals surface area contributed by atoms with Gasteiger partial charge < -0.3 is 14.6 Å².